The average Bonchev–Trinajstić information content (AvgIpc) is 3.73. The second-order valence-corrected chi connectivity index (χ2v) is 14.5. The van der Waals surface area contributed by atoms with E-state index in [1.165, 1.54) is 10.8 Å². The number of hydrogen-bond donors (Lipinski definition) is 0. The zero-order chi connectivity index (χ0) is 43.6. The highest BCUT2D eigenvalue weighted by molar-refractivity contribution is 6.27. The minimum absolute atomic E-state index is 0.0481. The molecule has 1 nitrogen and oxygen atoms in total. The van der Waals surface area contributed by atoms with Crippen LogP contribution in [0.5, 0.6) is 0 Å². The minimum Gasteiger partial charge on any atom is -0.456 e. The van der Waals surface area contributed by atoms with Crippen LogP contribution in [0.1, 0.15) is 12.3 Å². The highest BCUT2D eigenvalue weighted by Crippen LogP contribution is 2.45. The molecular weight excluding hydrogens is 665 g/mol. The fraction of sp³-hybridized carbons (Fsp3) is 0. The molecule has 0 radical (unpaired) electrons. The van der Waals surface area contributed by atoms with Crippen molar-refractivity contribution < 1.29 is 16.8 Å². The number of furan rings is 1. The lowest BCUT2D eigenvalue weighted by Gasteiger charge is -2.18. The molecule has 0 fully saturated rings. The van der Waals surface area contributed by atoms with Gasteiger partial charge in [-0.2, -0.15) is 0 Å². The van der Waals surface area contributed by atoms with Crippen LogP contribution < -0.4 is 0 Å². The summed E-state index contributed by atoms with van der Waals surface area (Å²) >= 11 is 0. The van der Waals surface area contributed by atoms with Gasteiger partial charge in [0.1, 0.15) is 11.2 Å². The Bertz CT molecular complexity index is 4050. The Morgan fingerprint density at radius 3 is 1.45 bits per heavy atom. The molecule has 0 N–H and O–H groups in total. The van der Waals surface area contributed by atoms with Crippen LogP contribution in [0, 0.1) is 0 Å². The molecule has 0 bridgehead atoms. The van der Waals surface area contributed by atoms with Crippen LogP contribution in [0.2, 0.25) is 0 Å². The molecule has 0 saturated carbocycles. The predicted molar refractivity (Wildman–Crippen MR) is 235 cm³/mol. The smallest absolute Gasteiger partial charge is 0.136 e. The first-order valence-electron chi connectivity index (χ1n) is 22.8. The van der Waals surface area contributed by atoms with Gasteiger partial charge in [-0.3, -0.25) is 0 Å². The van der Waals surface area contributed by atoms with E-state index in [9.17, 15) is 4.11 Å². The van der Waals surface area contributed by atoms with Gasteiger partial charge in [0.25, 0.3) is 0 Å². The maximum atomic E-state index is 9.97. The average molecular weight is 704 g/mol. The summed E-state index contributed by atoms with van der Waals surface area (Å²) in [5.74, 6) is 0. The summed E-state index contributed by atoms with van der Waals surface area (Å²) in [6.07, 6.45) is 0. The van der Waals surface area contributed by atoms with Crippen molar-refractivity contribution in [2.45, 2.75) is 0 Å². The first kappa shape index (κ1) is 22.1. The lowest BCUT2D eigenvalue weighted by Crippen LogP contribution is -1.91. The minimum atomic E-state index is -0.540. The van der Waals surface area contributed by atoms with Crippen molar-refractivity contribution in [2.75, 3.05) is 0 Å². The van der Waals surface area contributed by atoms with E-state index in [-0.39, 0.29) is 56.4 Å². The zero-order valence-electron chi connectivity index (χ0n) is 38.0. The third-order valence-electron chi connectivity index (χ3n) is 11.6. The second kappa shape index (κ2) is 10.7. The maximum Gasteiger partial charge on any atom is 0.136 e. The van der Waals surface area contributed by atoms with Gasteiger partial charge >= 0.3 is 0 Å². The first-order valence-corrected chi connectivity index (χ1v) is 18.3. The molecule has 1 aromatic heterocycles. The van der Waals surface area contributed by atoms with E-state index in [0.29, 0.717) is 5.56 Å². The zero-order valence-corrected chi connectivity index (χ0v) is 29.0. The van der Waals surface area contributed by atoms with Crippen molar-refractivity contribution in [2.24, 2.45) is 0 Å². The summed E-state index contributed by atoms with van der Waals surface area (Å²) in [7, 11) is 0. The van der Waals surface area contributed by atoms with Gasteiger partial charge in [0.15, 0.2) is 0 Å². The van der Waals surface area contributed by atoms with Crippen molar-refractivity contribution in [3.05, 3.63) is 182 Å². The quantitative estimate of drug-likeness (QED) is 0.167. The molecule has 1 heteroatoms. The normalized spacial score (nSPS) is 14.7. The van der Waals surface area contributed by atoms with Gasteiger partial charge in [0.05, 0.1) is 12.3 Å². The molecule has 0 aliphatic carbocycles. The van der Waals surface area contributed by atoms with Crippen LogP contribution in [-0.4, -0.2) is 0 Å². The van der Waals surface area contributed by atoms with E-state index in [0.717, 1.165) is 76.1 Å². The third kappa shape index (κ3) is 4.07. The highest BCUT2D eigenvalue weighted by atomic mass is 16.3. The van der Waals surface area contributed by atoms with Gasteiger partial charge in [-0.1, -0.05) is 145 Å². The molecule has 252 valence electrons. The molecule has 0 aliphatic heterocycles. The Labute approximate surface area is 328 Å². The fourth-order valence-corrected chi connectivity index (χ4v) is 9.15. The SMILES string of the molecule is [2H]c1c(-c2cc(-c3ccc4ccc5cccc6ccc3c4c56)cc(-c3ccc4ccc5cccc6ccc3c4c56)c2)c([2H])c2c(oc3c([2H])c([2H])c4c([2H])c([2H])c([2H])c([2H])c4c32)c1[2H]. The van der Waals surface area contributed by atoms with Gasteiger partial charge in [-0.25, -0.2) is 0 Å². The summed E-state index contributed by atoms with van der Waals surface area (Å²) in [5, 5.41) is 13.4. The monoisotopic (exact) mass is 703 g/mol. The van der Waals surface area contributed by atoms with Gasteiger partial charge < -0.3 is 4.42 Å². The maximum absolute atomic E-state index is 9.97. The fourth-order valence-electron chi connectivity index (χ4n) is 9.15. The number of hydrogen-bond acceptors (Lipinski definition) is 1. The van der Waals surface area contributed by atoms with E-state index in [1.807, 2.05) is 12.1 Å². The third-order valence-corrected chi connectivity index (χ3v) is 11.6. The number of benzene rings is 12. The summed E-state index contributed by atoms with van der Waals surface area (Å²) in [4.78, 5) is 0. The van der Waals surface area contributed by atoms with Gasteiger partial charge in [-0.15, -0.1) is 0 Å². The van der Waals surface area contributed by atoms with E-state index in [4.69, 9.17) is 12.6 Å². The van der Waals surface area contributed by atoms with E-state index in [1.54, 1.807) is 0 Å². The van der Waals surface area contributed by atoms with Crippen LogP contribution in [0.25, 0.3) is 131 Å². The lowest BCUT2D eigenvalue weighted by molar-refractivity contribution is 0.669. The van der Waals surface area contributed by atoms with E-state index in [2.05, 4.69) is 115 Å². The Kier molecular flexibility index (Phi) is 4.29. The first-order chi connectivity index (χ1) is 31.0. The largest absolute Gasteiger partial charge is 0.456 e. The Morgan fingerprint density at radius 1 is 0.327 bits per heavy atom. The van der Waals surface area contributed by atoms with Gasteiger partial charge in [0, 0.05) is 10.8 Å². The summed E-state index contributed by atoms with van der Waals surface area (Å²) in [6, 6.07) is 40.8. The van der Waals surface area contributed by atoms with Crippen LogP contribution in [0.4, 0.5) is 0 Å². The summed E-state index contributed by atoms with van der Waals surface area (Å²) in [5.41, 5.74) is 3.89. The highest BCUT2D eigenvalue weighted by Gasteiger charge is 2.18. The second-order valence-electron chi connectivity index (χ2n) is 14.5. The van der Waals surface area contributed by atoms with Crippen molar-refractivity contribution in [1.29, 1.82) is 0 Å². The Balaban J connectivity index is 1.17. The Morgan fingerprint density at radius 2 is 0.836 bits per heavy atom. The molecule has 13 rings (SSSR count). The Hall–Kier alpha value is -7.22. The molecular formula is C54H30O. The van der Waals surface area contributed by atoms with Crippen LogP contribution >= 0.6 is 0 Å². The molecule has 13 aromatic rings. The molecule has 0 spiro atoms. The van der Waals surface area contributed by atoms with Crippen LogP contribution in [-0.2, 0) is 0 Å². The molecule has 0 saturated heterocycles. The molecule has 0 atom stereocenters. The molecule has 0 aliphatic rings. The lowest BCUT2D eigenvalue weighted by atomic mass is 9.86. The topological polar surface area (TPSA) is 13.1 Å². The standard InChI is InChI=1S/C54H30O/c1-2-10-44-31(5-1)19-26-49-54(44)47-30-38(20-25-48(47)55-49)39-27-40(42-21-15-36-13-11-32-6-3-8-34-17-23-45(42)52(36)50(32)34)29-41(28-39)43-22-16-37-14-12-33-7-4-9-35-18-24-46(43)53(37)51(33)35/h1-30H/i1D,2D,5D,10D,19D,20D,25D,26D,30D. The number of fused-ring (bicyclic) bond motifs is 5. The van der Waals surface area contributed by atoms with Crippen molar-refractivity contribution in [1.82, 2.24) is 0 Å². The predicted octanol–water partition coefficient (Wildman–Crippen LogP) is 15.5. The van der Waals surface area contributed by atoms with Gasteiger partial charge in [-0.05, 0) is 145 Å². The molecule has 0 unspecified atom stereocenters. The van der Waals surface area contributed by atoms with Crippen molar-refractivity contribution >= 4 is 97.3 Å². The van der Waals surface area contributed by atoms with Crippen LogP contribution in [0.15, 0.2) is 186 Å². The molecule has 0 amide bonds. The summed E-state index contributed by atoms with van der Waals surface area (Å²) < 4.78 is 87.4. The van der Waals surface area contributed by atoms with Crippen LogP contribution in [0.3, 0.4) is 0 Å². The van der Waals surface area contributed by atoms with E-state index >= 15 is 0 Å². The van der Waals surface area contributed by atoms with Crippen molar-refractivity contribution in [3.8, 4) is 33.4 Å². The van der Waals surface area contributed by atoms with E-state index < -0.39 is 36.3 Å². The van der Waals surface area contributed by atoms with Gasteiger partial charge in [0.2, 0.25) is 0 Å². The number of rotatable bonds is 3. The molecule has 55 heavy (non-hydrogen) atoms. The van der Waals surface area contributed by atoms with Crippen molar-refractivity contribution in [3.63, 3.8) is 0 Å². The molecule has 1 heterocycles. The summed E-state index contributed by atoms with van der Waals surface area (Å²) in [6.45, 7) is 0. The molecule has 12 aromatic carbocycles.